The fourth-order valence-electron chi connectivity index (χ4n) is 5.28. The van der Waals surface area contributed by atoms with E-state index in [2.05, 4.69) is 21.4 Å². The van der Waals surface area contributed by atoms with Crippen LogP contribution in [0, 0.1) is 0 Å². The summed E-state index contributed by atoms with van der Waals surface area (Å²) in [5.41, 5.74) is 5.01. The molecule has 2 aliphatic rings. The van der Waals surface area contributed by atoms with Crippen molar-refractivity contribution in [2.75, 3.05) is 13.2 Å². The molecule has 0 unspecified atom stereocenters. The number of aromatic carboxylic acids is 1. The van der Waals surface area contributed by atoms with Gasteiger partial charge in [-0.3, -0.25) is 9.88 Å². The molecule has 2 aromatic heterocycles. The summed E-state index contributed by atoms with van der Waals surface area (Å²) in [7, 11) is 0. The lowest BCUT2D eigenvalue weighted by Crippen LogP contribution is -2.36. The highest BCUT2D eigenvalue weighted by Gasteiger charge is 2.28. The van der Waals surface area contributed by atoms with Crippen LogP contribution in [0.3, 0.4) is 0 Å². The van der Waals surface area contributed by atoms with Crippen molar-refractivity contribution in [2.24, 2.45) is 0 Å². The van der Waals surface area contributed by atoms with Crippen LogP contribution in [-0.2, 0) is 30.9 Å². The van der Waals surface area contributed by atoms with E-state index in [1.165, 1.54) is 11.1 Å². The van der Waals surface area contributed by atoms with Crippen molar-refractivity contribution in [2.45, 2.75) is 51.6 Å². The highest BCUT2D eigenvalue weighted by molar-refractivity contribution is 6.32. The number of carboxylic acid groups (broad SMARTS) is 1. The van der Waals surface area contributed by atoms with Gasteiger partial charge >= 0.3 is 5.97 Å². The Kier molecular flexibility index (Phi) is 7.20. The number of benzene rings is 2. The van der Waals surface area contributed by atoms with E-state index >= 15 is 0 Å². The smallest absolute Gasteiger partial charge is 0.335 e. The molecule has 1 N–H and O–H groups in total. The van der Waals surface area contributed by atoms with E-state index < -0.39 is 5.97 Å². The van der Waals surface area contributed by atoms with E-state index in [1.54, 1.807) is 30.5 Å². The Morgan fingerprint density at radius 2 is 2.05 bits per heavy atom. The maximum atomic E-state index is 11.6. The van der Waals surface area contributed by atoms with Gasteiger partial charge in [-0.1, -0.05) is 23.2 Å². The van der Waals surface area contributed by atoms with Crippen LogP contribution >= 0.6 is 23.2 Å². The van der Waals surface area contributed by atoms with Gasteiger partial charge in [0.25, 0.3) is 0 Å². The first-order valence-electron chi connectivity index (χ1n) is 13.0. The first kappa shape index (κ1) is 26.1. The maximum Gasteiger partial charge on any atom is 0.335 e. The topological polar surface area (TPSA) is 89.7 Å². The van der Waals surface area contributed by atoms with Gasteiger partial charge in [-0.15, -0.1) is 0 Å². The number of rotatable bonds is 8. The highest BCUT2D eigenvalue weighted by Crippen LogP contribution is 2.38. The predicted molar refractivity (Wildman–Crippen MR) is 149 cm³/mol. The zero-order valence-electron chi connectivity index (χ0n) is 21.4. The molecule has 2 aliphatic heterocycles. The standard InChI is InChI=1S/C29H28Cl2N4O4/c1-17-23-12-27(39-16-21-4-3-20(30)13-32-21)24(31)10-18(23)6-8-34(17)15-28-33-25-5-2-19(29(36)37)11-26(25)35(28)14-22-7-9-38-22/h2-5,10-13,17,22H,6-9,14-16H2,1H3,(H,36,37)/t17-,22-/m0/s1. The zero-order valence-corrected chi connectivity index (χ0v) is 23.0. The molecular weight excluding hydrogens is 539 g/mol. The minimum atomic E-state index is -0.948. The second-order valence-corrected chi connectivity index (χ2v) is 10.9. The molecule has 4 heterocycles. The number of hydrogen-bond acceptors (Lipinski definition) is 6. The number of carbonyl (C=O) groups is 1. The summed E-state index contributed by atoms with van der Waals surface area (Å²) in [6, 6.07) is 12.9. The highest BCUT2D eigenvalue weighted by atomic mass is 35.5. The van der Waals surface area contributed by atoms with Gasteiger partial charge < -0.3 is 19.1 Å². The Morgan fingerprint density at radius 3 is 2.77 bits per heavy atom. The lowest BCUT2D eigenvalue weighted by Gasteiger charge is -2.36. The molecule has 0 aliphatic carbocycles. The fourth-order valence-corrected chi connectivity index (χ4v) is 5.64. The number of hydrogen-bond donors (Lipinski definition) is 1. The van der Waals surface area contributed by atoms with Gasteiger partial charge in [0.1, 0.15) is 18.2 Å². The summed E-state index contributed by atoms with van der Waals surface area (Å²) >= 11 is 12.5. The largest absolute Gasteiger partial charge is 0.486 e. The molecule has 4 aromatic rings. The molecule has 39 heavy (non-hydrogen) atoms. The van der Waals surface area contributed by atoms with Gasteiger partial charge in [0.2, 0.25) is 0 Å². The summed E-state index contributed by atoms with van der Waals surface area (Å²) in [6.07, 6.45) is 3.56. The summed E-state index contributed by atoms with van der Waals surface area (Å²) in [5.74, 6) is 0.574. The Balaban J connectivity index is 1.26. The summed E-state index contributed by atoms with van der Waals surface area (Å²) < 4.78 is 13.9. The van der Waals surface area contributed by atoms with Crippen molar-refractivity contribution < 1.29 is 19.4 Å². The van der Waals surface area contributed by atoms with Crippen molar-refractivity contribution >= 4 is 40.2 Å². The summed E-state index contributed by atoms with van der Waals surface area (Å²) in [6.45, 7) is 5.36. The molecule has 10 heteroatoms. The van der Waals surface area contributed by atoms with Crippen LogP contribution in [0.1, 0.15) is 52.4 Å². The number of halogens is 2. The number of ether oxygens (including phenoxy) is 2. The first-order chi connectivity index (χ1) is 18.9. The minimum absolute atomic E-state index is 0.102. The van der Waals surface area contributed by atoms with E-state index in [9.17, 15) is 9.90 Å². The van der Waals surface area contributed by atoms with Gasteiger partial charge in [0.15, 0.2) is 0 Å². The van der Waals surface area contributed by atoms with Gasteiger partial charge in [-0.05, 0) is 73.4 Å². The van der Waals surface area contributed by atoms with E-state index in [0.717, 1.165) is 48.5 Å². The van der Waals surface area contributed by atoms with Gasteiger partial charge in [0.05, 0.1) is 51.5 Å². The average Bonchev–Trinajstić information content (AvgIpc) is 3.23. The van der Waals surface area contributed by atoms with Crippen LogP contribution in [0.2, 0.25) is 10.0 Å². The summed E-state index contributed by atoms with van der Waals surface area (Å²) in [4.78, 5) is 23.2. The molecule has 0 radical (unpaired) electrons. The SMILES string of the molecule is C[C@H]1c2cc(OCc3ccc(Cl)cn3)c(Cl)cc2CCN1Cc1nc2ccc(C(=O)O)cc2n1C[C@@H]1CCO1. The Bertz CT molecular complexity index is 1530. The van der Waals surface area contributed by atoms with Gasteiger partial charge in [0, 0.05) is 25.4 Å². The molecular formula is C29H28Cl2N4O4. The summed E-state index contributed by atoms with van der Waals surface area (Å²) in [5, 5.41) is 10.7. The molecule has 0 spiro atoms. The zero-order chi connectivity index (χ0) is 27.1. The van der Waals surface area contributed by atoms with Crippen LogP contribution in [-0.4, -0.2) is 49.8 Å². The van der Waals surface area contributed by atoms with Crippen molar-refractivity contribution in [3.8, 4) is 5.75 Å². The van der Waals surface area contributed by atoms with Gasteiger partial charge in [-0.2, -0.15) is 0 Å². The van der Waals surface area contributed by atoms with Crippen LogP contribution in [0.25, 0.3) is 11.0 Å². The third-order valence-corrected chi connectivity index (χ3v) is 8.14. The van der Waals surface area contributed by atoms with Crippen LogP contribution in [0.4, 0.5) is 0 Å². The molecule has 0 saturated carbocycles. The molecule has 2 atom stereocenters. The Labute approximate surface area is 236 Å². The monoisotopic (exact) mass is 566 g/mol. The fraction of sp³-hybridized carbons (Fsp3) is 0.345. The van der Waals surface area contributed by atoms with Crippen LogP contribution in [0.5, 0.6) is 5.75 Å². The normalized spacial score (nSPS) is 19.1. The molecule has 1 fully saturated rings. The number of aromatic nitrogens is 3. The number of pyridine rings is 1. The molecule has 202 valence electrons. The second kappa shape index (κ2) is 10.8. The maximum absolute atomic E-state index is 11.6. The lowest BCUT2D eigenvalue weighted by atomic mass is 9.93. The Morgan fingerprint density at radius 1 is 1.21 bits per heavy atom. The molecule has 2 aromatic carbocycles. The van der Waals surface area contributed by atoms with E-state index in [4.69, 9.17) is 37.7 Å². The van der Waals surface area contributed by atoms with E-state index in [-0.39, 0.29) is 17.7 Å². The molecule has 8 nitrogen and oxygen atoms in total. The molecule has 0 amide bonds. The third kappa shape index (κ3) is 5.34. The van der Waals surface area contributed by atoms with Gasteiger partial charge in [-0.25, -0.2) is 9.78 Å². The molecule has 6 rings (SSSR count). The first-order valence-corrected chi connectivity index (χ1v) is 13.7. The minimum Gasteiger partial charge on any atom is -0.486 e. The van der Waals surface area contributed by atoms with Crippen LogP contribution < -0.4 is 4.74 Å². The number of carboxylic acids is 1. The van der Waals surface area contributed by atoms with Crippen molar-refractivity contribution in [1.29, 1.82) is 0 Å². The quantitative estimate of drug-likeness (QED) is 0.283. The van der Waals surface area contributed by atoms with Crippen molar-refractivity contribution in [3.63, 3.8) is 0 Å². The number of nitrogens with zero attached hydrogens (tertiary/aromatic N) is 4. The van der Waals surface area contributed by atoms with E-state index in [0.29, 0.717) is 35.5 Å². The lowest BCUT2D eigenvalue weighted by molar-refractivity contribution is -0.0592. The molecule has 1 saturated heterocycles. The Hall–Kier alpha value is -3.17. The van der Waals surface area contributed by atoms with Crippen molar-refractivity contribution in [3.05, 3.63) is 86.9 Å². The van der Waals surface area contributed by atoms with E-state index in [1.807, 2.05) is 18.2 Å². The second-order valence-electron chi connectivity index (χ2n) is 10.1. The van der Waals surface area contributed by atoms with Crippen molar-refractivity contribution in [1.82, 2.24) is 19.4 Å². The van der Waals surface area contributed by atoms with Crippen LogP contribution in [0.15, 0.2) is 48.7 Å². The average molecular weight is 567 g/mol. The number of fused-ring (bicyclic) bond motifs is 2. The predicted octanol–water partition coefficient (Wildman–Crippen LogP) is 5.92. The molecule has 0 bridgehead atoms. The number of imidazole rings is 1. The third-order valence-electron chi connectivity index (χ3n) is 7.62.